The second kappa shape index (κ2) is 10.6. The van der Waals surface area contributed by atoms with Gasteiger partial charge in [0, 0.05) is 39.3 Å². The van der Waals surface area contributed by atoms with Crippen LogP contribution in [0.25, 0.3) is 0 Å². The van der Waals surface area contributed by atoms with Crippen molar-refractivity contribution in [3.63, 3.8) is 0 Å². The van der Waals surface area contributed by atoms with Crippen LogP contribution in [-0.4, -0.2) is 72.8 Å². The van der Waals surface area contributed by atoms with Crippen LogP contribution in [0.15, 0.2) is 40.9 Å². The number of fused-ring (bicyclic) bond motifs is 1. The Bertz CT molecular complexity index is 1210. The normalized spacial score (nSPS) is 19.1. The Kier molecular flexibility index (Phi) is 7.72. The zero-order valence-corrected chi connectivity index (χ0v) is 22.0. The van der Waals surface area contributed by atoms with Crippen molar-refractivity contribution in [1.82, 2.24) is 9.80 Å². The Morgan fingerprint density at radius 3 is 2.63 bits per heavy atom. The van der Waals surface area contributed by atoms with Gasteiger partial charge in [-0.2, -0.15) is 0 Å². The zero-order valence-electron chi connectivity index (χ0n) is 19.7. The minimum Gasteiger partial charge on any atom is -0.448 e. The molecule has 2 aliphatic rings. The Hall–Kier alpha value is -2.57. The molecule has 9 heteroatoms. The minimum absolute atomic E-state index is 0.252. The van der Waals surface area contributed by atoms with Crippen LogP contribution in [0.1, 0.15) is 30.5 Å². The quantitative estimate of drug-likeness (QED) is 0.521. The molecule has 2 aromatic carbocycles. The van der Waals surface area contributed by atoms with E-state index in [2.05, 4.69) is 46.5 Å². The molecule has 1 unspecified atom stereocenters. The first-order valence-corrected chi connectivity index (χ1v) is 12.7. The van der Waals surface area contributed by atoms with Gasteiger partial charge in [0.15, 0.2) is 5.60 Å². The van der Waals surface area contributed by atoms with Gasteiger partial charge in [-0.15, -0.1) is 0 Å². The number of aliphatic hydroxyl groups is 1. The monoisotopic (exact) mass is 559 g/mol. The standard InChI is InChI=1S/C26H27BrClN3O4/c1-3-29(4-2)12-13-31-22-17-18(8-7-11-30-14-15-35-25(30)33)16-20(27)23(22)26(34,24(31)32)19-9-5-6-10-21(19)28/h5-6,9-10,16-17,34H,3-4,11-15H2,1-2H3. The molecular formula is C26H27BrClN3O4. The van der Waals surface area contributed by atoms with Crippen molar-refractivity contribution < 1.29 is 19.4 Å². The molecule has 2 aliphatic heterocycles. The second-order valence-corrected chi connectivity index (χ2v) is 9.63. The summed E-state index contributed by atoms with van der Waals surface area (Å²) in [5, 5.41) is 12.2. The molecule has 1 N–H and O–H groups in total. The van der Waals surface area contributed by atoms with E-state index in [-0.39, 0.29) is 12.6 Å². The number of carbonyl (C=O) groups is 2. The zero-order chi connectivity index (χ0) is 25.2. The van der Waals surface area contributed by atoms with Crippen molar-refractivity contribution in [2.24, 2.45) is 0 Å². The summed E-state index contributed by atoms with van der Waals surface area (Å²) in [7, 11) is 0. The second-order valence-electron chi connectivity index (χ2n) is 8.36. The van der Waals surface area contributed by atoms with E-state index in [1.54, 1.807) is 35.2 Å². The first kappa shape index (κ1) is 25.5. The summed E-state index contributed by atoms with van der Waals surface area (Å²) in [6.07, 6.45) is -0.368. The first-order valence-electron chi connectivity index (χ1n) is 11.6. The lowest BCUT2D eigenvalue weighted by molar-refractivity contribution is -0.132. The fourth-order valence-corrected chi connectivity index (χ4v) is 5.47. The molecule has 0 aliphatic carbocycles. The number of cyclic esters (lactones) is 1. The van der Waals surface area contributed by atoms with Crippen molar-refractivity contribution in [2.75, 3.05) is 50.8 Å². The van der Waals surface area contributed by atoms with E-state index < -0.39 is 11.5 Å². The van der Waals surface area contributed by atoms with Crippen LogP contribution >= 0.6 is 27.5 Å². The molecule has 1 fully saturated rings. The number of hydrogen-bond acceptors (Lipinski definition) is 5. The molecule has 1 atom stereocenters. The summed E-state index contributed by atoms with van der Waals surface area (Å²) in [5.74, 6) is 5.64. The highest BCUT2D eigenvalue weighted by Gasteiger charge is 2.53. The van der Waals surface area contributed by atoms with E-state index in [1.807, 2.05) is 6.07 Å². The smallest absolute Gasteiger partial charge is 0.410 e. The van der Waals surface area contributed by atoms with E-state index in [4.69, 9.17) is 16.3 Å². The van der Waals surface area contributed by atoms with Gasteiger partial charge in [0.05, 0.1) is 18.8 Å². The molecule has 0 aromatic heterocycles. The summed E-state index contributed by atoms with van der Waals surface area (Å²) < 4.78 is 5.49. The van der Waals surface area contributed by atoms with Gasteiger partial charge in [0.2, 0.25) is 0 Å². The Morgan fingerprint density at radius 1 is 1.23 bits per heavy atom. The molecule has 0 bridgehead atoms. The molecular weight excluding hydrogens is 534 g/mol. The summed E-state index contributed by atoms with van der Waals surface area (Å²) in [4.78, 5) is 30.8. The van der Waals surface area contributed by atoms with Crippen LogP contribution < -0.4 is 4.90 Å². The van der Waals surface area contributed by atoms with Gasteiger partial charge < -0.3 is 19.6 Å². The summed E-state index contributed by atoms with van der Waals surface area (Å²) in [6.45, 7) is 8.05. The maximum atomic E-state index is 13.8. The van der Waals surface area contributed by atoms with Gasteiger partial charge >= 0.3 is 6.09 Å². The SMILES string of the molecule is CCN(CC)CCN1C(=O)C(O)(c2ccccc2Cl)c2c(Br)cc(C#CCN3CCOC3=O)cc21. The van der Waals surface area contributed by atoms with E-state index >= 15 is 0 Å². The lowest BCUT2D eigenvalue weighted by Crippen LogP contribution is -2.44. The molecule has 4 rings (SSSR count). The van der Waals surface area contributed by atoms with Crippen molar-refractivity contribution in [2.45, 2.75) is 19.4 Å². The first-order chi connectivity index (χ1) is 16.8. The molecule has 0 saturated carbocycles. The fraction of sp³-hybridized carbons (Fsp3) is 0.385. The number of carbonyl (C=O) groups excluding carboxylic acids is 2. The van der Waals surface area contributed by atoms with Gasteiger partial charge in [-0.25, -0.2) is 4.79 Å². The molecule has 35 heavy (non-hydrogen) atoms. The van der Waals surface area contributed by atoms with Crippen LogP contribution in [0.2, 0.25) is 5.02 Å². The van der Waals surface area contributed by atoms with Crippen molar-refractivity contribution in [1.29, 1.82) is 0 Å². The highest BCUT2D eigenvalue weighted by atomic mass is 79.9. The largest absolute Gasteiger partial charge is 0.448 e. The van der Waals surface area contributed by atoms with E-state index in [1.165, 1.54) is 4.90 Å². The van der Waals surface area contributed by atoms with Gasteiger partial charge in [-0.1, -0.05) is 71.4 Å². The number of ether oxygens (including phenoxy) is 1. The average molecular weight is 561 g/mol. The van der Waals surface area contributed by atoms with Gasteiger partial charge in [-0.3, -0.25) is 9.69 Å². The topological polar surface area (TPSA) is 73.3 Å². The molecule has 0 spiro atoms. The number of halogens is 2. The van der Waals surface area contributed by atoms with E-state index in [0.29, 0.717) is 58.1 Å². The molecule has 184 valence electrons. The van der Waals surface area contributed by atoms with Crippen molar-refractivity contribution in [3.05, 3.63) is 62.6 Å². The van der Waals surface area contributed by atoms with Crippen LogP contribution in [0.4, 0.5) is 10.5 Å². The number of amides is 2. The molecule has 2 amide bonds. The number of nitrogens with zero attached hydrogens (tertiary/aromatic N) is 3. The van der Waals surface area contributed by atoms with E-state index in [9.17, 15) is 14.7 Å². The van der Waals surface area contributed by atoms with Crippen LogP contribution in [0, 0.1) is 11.8 Å². The Labute approximate surface area is 218 Å². The predicted octanol–water partition coefficient (Wildman–Crippen LogP) is 3.83. The summed E-state index contributed by atoms with van der Waals surface area (Å²) >= 11 is 10.0. The van der Waals surface area contributed by atoms with Crippen molar-refractivity contribution in [3.8, 4) is 11.8 Å². The average Bonchev–Trinajstić information content (AvgIpc) is 3.34. The number of hydrogen-bond donors (Lipinski definition) is 1. The maximum absolute atomic E-state index is 13.8. The Morgan fingerprint density at radius 2 is 1.97 bits per heavy atom. The highest BCUT2D eigenvalue weighted by Crippen LogP contribution is 2.49. The van der Waals surface area contributed by atoms with Gasteiger partial charge in [0.1, 0.15) is 6.61 Å². The third-order valence-electron chi connectivity index (χ3n) is 6.42. The molecule has 1 saturated heterocycles. The third kappa shape index (κ3) is 4.78. The minimum atomic E-state index is -1.93. The number of likely N-dealkylation sites (N-methyl/N-ethyl adjacent to an activating group) is 1. The van der Waals surface area contributed by atoms with Crippen LogP contribution in [0.5, 0.6) is 0 Å². The fourth-order valence-electron chi connectivity index (χ4n) is 4.46. The number of benzene rings is 2. The predicted molar refractivity (Wildman–Crippen MR) is 139 cm³/mol. The van der Waals surface area contributed by atoms with Crippen LogP contribution in [-0.2, 0) is 15.1 Å². The van der Waals surface area contributed by atoms with Crippen LogP contribution in [0.3, 0.4) is 0 Å². The third-order valence-corrected chi connectivity index (χ3v) is 7.38. The Balaban J connectivity index is 1.75. The molecule has 2 aromatic rings. The molecule has 0 radical (unpaired) electrons. The highest BCUT2D eigenvalue weighted by molar-refractivity contribution is 9.10. The summed E-state index contributed by atoms with van der Waals surface area (Å²) in [6, 6.07) is 10.4. The number of rotatable bonds is 7. The number of anilines is 1. The molecule has 7 nitrogen and oxygen atoms in total. The van der Waals surface area contributed by atoms with Crippen molar-refractivity contribution >= 4 is 45.2 Å². The van der Waals surface area contributed by atoms with Gasteiger partial charge in [0.25, 0.3) is 5.91 Å². The van der Waals surface area contributed by atoms with Gasteiger partial charge in [-0.05, 0) is 31.3 Å². The lowest BCUT2D eigenvalue weighted by atomic mass is 9.87. The van der Waals surface area contributed by atoms with E-state index in [0.717, 1.165) is 13.1 Å². The maximum Gasteiger partial charge on any atom is 0.410 e. The summed E-state index contributed by atoms with van der Waals surface area (Å²) in [5.41, 5.74) is 0.103. The molecule has 2 heterocycles. The lowest BCUT2D eigenvalue weighted by Gasteiger charge is -2.26.